The zero-order valence-corrected chi connectivity index (χ0v) is 17.1. The molecule has 0 atom stereocenters. The van der Waals surface area contributed by atoms with Crippen LogP contribution in [0.15, 0.2) is 60.9 Å². The van der Waals surface area contributed by atoms with Crippen molar-refractivity contribution >= 4 is 38.3 Å². The fourth-order valence-corrected chi connectivity index (χ4v) is 4.50. The van der Waals surface area contributed by atoms with Crippen LogP contribution in [0.1, 0.15) is 5.56 Å². The Morgan fingerprint density at radius 3 is 2.80 bits per heavy atom. The van der Waals surface area contributed by atoms with Crippen LogP contribution in [-0.2, 0) is 16.0 Å². The first-order valence-electron chi connectivity index (χ1n) is 9.87. The van der Waals surface area contributed by atoms with Crippen molar-refractivity contribution in [1.29, 1.82) is 0 Å². The number of rotatable bonds is 5. The van der Waals surface area contributed by atoms with Crippen LogP contribution in [0.5, 0.6) is 0 Å². The van der Waals surface area contributed by atoms with E-state index in [1.165, 1.54) is 0 Å². The van der Waals surface area contributed by atoms with E-state index in [4.69, 9.17) is 9.72 Å². The van der Waals surface area contributed by atoms with Crippen LogP contribution < -0.4 is 10.2 Å². The van der Waals surface area contributed by atoms with Crippen molar-refractivity contribution in [3.8, 4) is 5.69 Å². The number of ether oxygens (including phenoxy) is 1. The first-order chi connectivity index (χ1) is 14.7. The van der Waals surface area contributed by atoms with Gasteiger partial charge in [0.25, 0.3) is 0 Å². The van der Waals surface area contributed by atoms with E-state index >= 15 is 0 Å². The Kier molecular flexibility index (Phi) is 5.17. The molecule has 0 unspecified atom stereocenters. The van der Waals surface area contributed by atoms with Crippen molar-refractivity contribution in [2.75, 3.05) is 36.5 Å². The second kappa shape index (κ2) is 8.25. The van der Waals surface area contributed by atoms with Gasteiger partial charge in [0.15, 0.2) is 5.13 Å². The number of nitrogens with zero attached hydrogens (tertiary/aromatic N) is 4. The lowest BCUT2D eigenvalue weighted by Gasteiger charge is -2.25. The summed E-state index contributed by atoms with van der Waals surface area (Å²) in [6.45, 7) is 3.19. The lowest BCUT2D eigenvalue weighted by Crippen LogP contribution is -2.36. The average Bonchev–Trinajstić information content (AvgIpc) is 3.42. The normalized spacial score (nSPS) is 14.2. The number of nitrogens with one attached hydrogen (secondary N) is 1. The molecule has 2 aromatic heterocycles. The lowest BCUT2D eigenvalue weighted by atomic mass is 10.2. The van der Waals surface area contributed by atoms with E-state index < -0.39 is 0 Å². The third-order valence-corrected chi connectivity index (χ3v) is 6.04. The van der Waals surface area contributed by atoms with Crippen molar-refractivity contribution < 1.29 is 9.53 Å². The predicted molar refractivity (Wildman–Crippen MR) is 119 cm³/mol. The second-order valence-electron chi connectivity index (χ2n) is 7.13. The van der Waals surface area contributed by atoms with Gasteiger partial charge in [-0.05, 0) is 35.9 Å². The Bertz CT molecular complexity index is 1160. The van der Waals surface area contributed by atoms with Crippen molar-refractivity contribution in [3.63, 3.8) is 0 Å². The lowest BCUT2D eigenvalue weighted by molar-refractivity contribution is -0.115. The van der Waals surface area contributed by atoms with E-state index in [9.17, 15) is 4.79 Å². The number of carbonyl (C=O) groups excluding carboxylic acids is 1. The molecular weight excluding hydrogens is 398 g/mol. The van der Waals surface area contributed by atoms with Crippen LogP contribution in [0.25, 0.3) is 15.9 Å². The largest absolute Gasteiger partial charge is 0.378 e. The van der Waals surface area contributed by atoms with Gasteiger partial charge in [0.2, 0.25) is 5.91 Å². The Labute approximate surface area is 177 Å². The summed E-state index contributed by atoms with van der Waals surface area (Å²) in [5.74, 6) is -0.0696. The quantitative estimate of drug-likeness (QED) is 0.536. The number of anilines is 2. The minimum absolute atomic E-state index is 0.0696. The molecule has 152 valence electrons. The average molecular weight is 420 g/mol. The van der Waals surface area contributed by atoms with Gasteiger partial charge in [0.1, 0.15) is 0 Å². The molecule has 4 aromatic rings. The van der Waals surface area contributed by atoms with Gasteiger partial charge in [0.05, 0.1) is 41.7 Å². The van der Waals surface area contributed by atoms with Gasteiger partial charge in [-0.3, -0.25) is 4.79 Å². The highest BCUT2D eigenvalue weighted by molar-refractivity contribution is 7.22. The highest BCUT2D eigenvalue weighted by Crippen LogP contribution is 2.31. The molecule has 8 heteroatoms. The van der Waals surface area contributed by atoms with E-state index in [-0.39, 0.29) is 12.3 Å². The maximum Gasteiger partial charge on any atom is 0.228 e. The van der Waals surface area contributed by atoms with Crippen LogP contribution in [0.3, 0.4) is 0 Å². The van der Waals surface area contributed by atoms with Crippen LogP contribution in [0.2, 0.25) is 0 Å². The van der Waals surface area contributed by atoms with Crippen LogP contribution in [-0.4, -0.2) is 47.0 Å². The molecule has 1 aliphatic heterocycles. The molecule has 30 heavy (non-hydrogen) atoms. The number of hydrogen-bond donors (Lipinski definition) is 1. The number of para-hydroxylation sites is 1. The molecule has 0 bridgehead atoms. The molecule has 0 aliphatic carbocycles. The van der Waals surface area contributed by atoms with E-state index in [0.717, 1.165) is 58.6 Å². The molecule has 0 spiro atoms. The summed E-state index contributed by atoms with van der Waals surface area (Å²) in [6.07, 6.45) is 3.88. The van der Waals surface area contributed by atoms with Gasteiger partial charge in [-0.25, -0.2) is 9.67 Å². The Morgan fingerprint density at radius 1 is 1.13 bits per heavy atom. The number of carbonyl (C=O) groups is 1. The number of morpholine rings is 1. The molecule has 0 saturated carbocycles. The van der Waals surface area contributed by atoms with Gasteiger partial charge in [-0.1, -0.05) is 29.5 Å². The number of benzene rings is 2. The Morgan fingerprint density at radius 2 is 1.97 bits per heavy atom. The molecule has 1 aliphatic rings. The summed E-state index contributed by atoms with van der Waals surface area (Å²) in [6, 6.07) is 15.7. The third-order valence-electron chi connectivity index (χ3n) is 4.96. The van der Waals surface area contributed by atoms with Gasteiger partial charge in [-0.2, -0.15) is 5.10 Å². The molecule has 0 radical (unpaired) electrons. The fraction of sp³-hybridized carbons (Fsp3) is 0.227. The van der Waals surface area contributed by atoms with Gasteiger partial charge < -0.3 is 15.0 Å². The third kappa shape index (κ3) is 4.05. The van der Waals surface area contributed by atoms with Gasteiger partial charge in [-0.15, -0.1) is 0 Å². The van der Waals surface area contributed by atoms with Crippen molar-refractivity contribution in [2.24, 2.45) is 0 Å². The van der Waals surface area contributed by atoms with Gasteiger partial charge >= 0.3 is 0 Å². The molecule has 1 saturated heterocycles. The van der Waals surface area contributed by atoms with Crippen LogP contribution in [0.4, 0.5) is 10.8 Å². The first-order valence-corrected chi connectivity index (χ1v) is 10.7. The zero-order chi connectivity index (χ0) is 20.3. The topological polar surface area (TPSA) is 72.3 Å². The monoisotopic (exact) mass is 419 g/mol. The van der Waals surface area contributed by atoms with E-state index in [0.29, 0.717) is 0 Å². The maximum absolute atomic E-state index is 12.5. The van der Waals surface area contributed by atoms with Crippen molar-refractivity contribution in [1.82, 2.24) is 14.8 Å². The van der Waals surface area contributed by atoms with Crippen LogP contribution in [0, 0.1) is 0 Å². The minimum Gasteiger partial charge on any atom is -0.378 e. The summed E-state index contributed by atoms with van der Waals surface area (Å²) in [7, 11) is 0. The molecule has 7 nitrogen and oxygen atoms in total. The van der Waals surface area contributed by atoms with Gasteiger partial charge in [0, 0.05) is 25.0 Å². The molecule has 3 heterocycles. The highest BCUT2D eigenvalue weighted by Gasteiger charge is 2.16. The number of aromatic nitrogens is 3. The van der Waals surface area contributed by atoms with E-state index in [1.807, 2.05) is 54.7 Å². The Hall–Kier alpha value is -3.23. The molecule has 2 aromatic carbocycles. The standard InChI is InChI=1S/C22H21N5O2S/c28-21(12-16-14-23-27(15-16)18-4-2-1-3-5-18)24-17-6-7-19-20(13-17)30-22(25-19)26-8-10-29-11-9-26/h1-7,13-15H,8-12H2,(H,24,28). The summed E-state index contributed by atoms with van der Waals surface area (Å²) in [5, 5.41) is 8.35. The fourth-order valence-electron chi connectivity index (χ4n) is 3.44. The molecular formula is C22H21N5O2S. The number of thiazole rings is 1. The first kappa shape index (κ1) is 18.8. The number of amides is 1. The molecule has 1 amide bonds. The SMILES string of the molecule is O=C(Cc1cnn(-c2ccccc2)c1)Nc1ccc2nc(N3CCOCC3)sc2c1. The second-order valence-corrected chi connectivity index (χ2v) is 8.14. The molecule has 5 rings (SSSR count). The number of fused-ring (bicyclic) bond motifs is 1. The summed E-state index contributed by atoms with van der Waals surface area (Å²) >= 11 is 1.64. The summed E-state index contributed by atoms with van der Waals surface area (Å²) in [4.78, 5) is 19.5. The predicted octanol–water partition coefficient (Wildman–Crippen LogP) is 3.50. The summed E-state index contributed by atoms with van der Waals surface area (Å²) in [5.41, 5.74) is 3.56. The smallest absolute Gasteiger partial charge is 0.228 e. The Balaban J connectivity index is 1.26. The highest BCUT2D eigenvalue weighted by atomic mass is 32.1. The van der Waals surface area contributed by atoms with Crippen molar-refractivity contribution in [2.45, 2.75) is 6.42 Å². The van der Waals surface area contributed by atoms with Crippen LogP contribution >= 0.6 is 11.3 Å². The molecule has 1 N–H and O–H groups in total. The van der Waals surface area contributed by atoms with E-state index in [2.05, 4.69) is 15.3 Å². The van der Waals surface area contributed by atoms with Crippen molar-refractivity contribution in [3.05, 3.63) is 66.5 Å². The summed E-state index contributed by atoms with van der Waals surface area (Å²) < 4.78 is 8.25. The minimum atomic E-state index is -0.0696. The zero-order valence-electron chi connectivity index (χ0n) is 16.3. The number of hydrogen-bond acceptors (Lipinski definition) is 6. The van der Waals surface area contributed by atoms with E-state index in [1.54, 1.807) is 22.2 Å². The molecule has 1 fully saturated rings. The maximum atomic E-state index is 12.5.